The lowest BCUT2D eigenvalue weighted by molar-refractivity contribution is 0.348. The Bertz CT molecular complexity index is 643. The normalized spacial score (nSPS) is 11.6. The molecule has 0 bridgehead atoms. The molecule has 0 unspecified atom stereocenters. The van der Waals surface area contributed by atoms with Gasteiger partial charge in [0.25, 0.3) is 0 Å². The van der Waals surface area contributed by atoms with Crippen molar-refractivity contribution in [3.63, 3.8) is 0 Å². The molecule has 0 aliphatic rings. The van der Waals surface area contributed by atoms with Crippen LogP contribution in [0.4, 0.5) is 4.39 Å². The van der Waals surface area contributed by atoms with Gasteiger partial charge < -0.3 is 5.11 Å². The largest absolute Gasteiger partial charge is 0.384 e. The van der Waals surface area contributed by atoms with Gasteiger partial charge in [0.05, 0.1) is 0 Å². The zero-order valence-electron chi connectivity index (χ0n) is 12.4. The quantitative estimate of drug-likeness (QED) is 0.846. The first-order valence-electron chi connectivity index (χ1n) is 6.75. The molecule has 0 fully saturated rings. The maximum absolute atomic E-state index is 14.1. The van der Waals surface area contributed by atoms with Crippen LogP contribution in [0.1, 0.15) is 32.3 Å². The molecule has 0 radical (unpaired) electrons. The van der Waals surface area contributed by atoms with Gasteiger partial charge in [0.1, 0.15) is 17.3 Å². The minimum atomic E-state index is -3.87. The van der Waals surface area contributed by atoms with Crippen LogP contribution in [0.2, 0.25) is 0 Å². The molecular formula is C15H20FNO3S. The van der Waals surface area contributed by atoms with E-state index in [4.69, 9.17) is 5.11 Å². The van der Waals surface area contributed by atoms with Crippen molar-refractivity contribution in [1.29, 1.82) is 0 Å². The summed E-state index contributed by atoms with van der Waals surface area (Å²) in [5, 5.41) is 8.60. The van der Waals surface area contributed by atoms with E-state index in [1.807, 2.05) is 13.8 Å². The zero-order chi connectivity index (χ0) is 16.0. The van der Waals surface area contributed by atoms with Crippen LogP contribution in [-0.2, 0) is 10.0 Å². The van der Waals surface area contributed by atoms with Gasteiger partial charge in [-0.25, -0.2) is 12.8 Å². The molecule has 1 rings (SSSR count). The van der Waals surface area contributed by atoms with Crippen molar-refractivity contribution in [2.45, 2.75) is 37.6 Å². The SMILES string of the molecule is CCC(CC)N(C)S(=O)(=O)c1ccc(C#CCO)cc1F. The molecule has 0 aliphatic carbocycles. The fraction of sp³-hybridized carbons (Fsp3) is 0.467. The highest BCUT2D eigenvalue weighted by Crippen LogP contribution is 2.22. The third-order valence-electron chi connectivity index (χ3n) is 3.36. The smallest absolute Gasteiger partial charge is 0.245 e. The van der Waals surface area contributed by atoms with E-state index in [-0.39, 0.29) is 17.5 Å². The van der Waals surface area contributed by atoms with Crippen LogP contribution in [0.5, 0.6) is 0 Å². The number of aliphatic hydroxyl groups is 1. The van der Waals surface area contributed by atoms with Crippen LogP contribution in [0.15, 0.2) is 23.1 Å². The summed E-state index contributed by atoms with van der Waals surface area (Å²) in [6.45, 7) is 3.45. The van der Waals surface area contributed by atoms with Gasteiger partial charge in [0.2, 0.25) is 10.0 Å². The summed E-state index contributed by atoms with van der Waals surface area (Å²) in [4.78, 5) is -0.355. The summed E-state index contributed by atoms with van der Waals surface area (Å²) in [5.74, 6) is 4.09. The van der Waals surface area contributed by atoms with Crippen molar-refractivity contribution in [1.82, 2.24) is 4.31 Å². The molecule has 0 aliphatic heterocycles. The molecule has 0 atom stereocenters. The monoisotopic (exact) mass is 313 g/mol. The summed E-state index contributed by atoms with van der Waals surface area (Å²) >= 11 is 0. The number of hydrogen-bond acceptors (Lipinski definition) is 3. The molecular weight excluding hydrogens is 293 g/mol. The summed E-state index contributed by atoms with van der Waals surface area (Å²) in [6.07, 6.45) is 1.32. The maximum Gasteiger partial charge on any atom is 0.245 e. The minimum Gasteiger partial charge on any atom is -0.384 e. The minimum absolute atomic E-state index is 0.164. The third-order valence-corrected chi connectivity index (χ3v) is 5.30. The van der Waals surface area contributed by atoms with Gasteiger partial charge in [-0.05, 0) is 31.0 Å². The van der Waals surface area contributed by atoms with E-state index in [0.717, 1.165) is 6.07 Å². The molecule has 6 heteroatoms. The third kappa shape index (κ3) is 4.03. The van der Waals surface area contributed by atoms with E-state index < -0.39 is 15.8 Å². The summed E-state index contributed by atoms with van der Waals surface area (Å²) in [5.41, 5.74) is 0.325. The second-order valence-electron chi connectivity index (χ2n) is 4.60. The van der Waals surface area contributed by atoms with Crippen LogP contribution < -0.4 is 0 Å². The van der Waals surface area contributed by atoms with Gasteiger partial charge in [0.15, 0.2) is 0 Å². The molecule has 4 nitrogen and oxygen atoms in total. The van der Waals surface area contributed by atoms with Crippen molar-refractivity contribution < 1.29 is 17.9 Å². The van der Waals surface area contributed by atoms with Crippen LogP contribution in [-0.4, -0.2) is 37.5 Å². The van der Waals surface area contributed by atoms with Crippen molar-refractivity contribution in [2.75, 3.05) is 13.7 Å². The van der Waals surface area contributed by atoms with Crippen LogP contribution in [0, 0.1) is 17.7 Å². The molecule has 0 saturated carbocycles. The first-order valence-corrected chi connectivity index (χ1v) is 8.19. The van der Waals surface area contributed by atoms with Gasteiger partial charge >= 0.3 is 0 Å². The van der Waals surface area contributed by atoms with Gasteiger partial charge in [-0.3, -0.25) is 0 Å². The number of benzene rings is 1. The molecule has 0 spiro atoms. The van der Waals surface area contributed by atoms with E-state index in [2.05, 4.69) is 11.8 Å². The Balaban J connectivity index is 3.20. The topological polar surface area (TPSA) is 57.6 Å². The summed E-state index contributed by atoms with van der Waals surface area (Å²) in [7, 11) is -2.41. The lowest BCUT2D eigenvalue weighted by Crippen LogP contribution is -2.36. The van der Waals surface area contributed by atoms with Gasteiger partial charge in [-0.1, -0.05) is 25.7 Å². The predicted molar refractivity (Wildman–Crippen MR) is 79.7 cm³/mol. The fourth-order valence-electron chi connectivity index (χ4n) is 2.08. The average Bonchev–Trinajstić information content (AvgIpc) is 2.46. The second kappa shape index (κ2) is 7.55. The first-order chi connectivity index (χ1) is 9.88. The Kier molecular flexibility index (Phi) is 6.34. The molecule has 0 amide bonds. The summed E-state index contributed by atoms with van der Waals surface area (Å²) in [6, 6.07) is 3.55. The Morgan fingerprint density at radius 1 is 1.33 bits per heavy atom. The second-order valence-corrected chi connectivity index (χ2v) is 6.56. The standard InChI is InChI=1S/C15H20FNO3S/c1-4-13(5-2)17(3)21(19,20)15-9-8-12(7-6-10-18)11-14(15)16/h8-9,11,13,18H,4-5,10H2,1-3H3. The Hall–Kier alpha value is -1.42. The first kappa shape index (κ1) is 17.6. The van der Waals surface area contributed by atoms with E-state index in [9.17, 15) is 12.8 Å². The van der Waals surface area contributed by atoms with Crippen molar-refractivity contribution >= 4 is 10.0 Å². The number of aliphatic hydroxyl groups excluding tert-OH is 1. The molecule has 1 N–H and O–H groups in total. The number of hydrogen-bond donors (Lipinski definition) is 1. The van der Waals surface area contributed by atoms with Gasteiger partial charge in [-0.15, -0.1) is 0 Å². The molecule has 0 saturated heterocycles. The number of sulfonamides is 1. The molecule has 0 heterocycles. The van der Waals surface area contributed by atoms with Crippen molar-refractivity contribution in [2.24, 2.45) is 0 Å². The maximum atomic E-state index is 14.1. The highest BCUT2D eigenvalue weighted by Gasteiger charge is 2.28. The van der Waals surface area contributed by atoms with E-state index in [1.54, 1.807) is 0 Å². The van der Waals surface area contributed by atoms with E-state index >= 15 is 0 Å². The Morgan fingerprint density at radius 3 is 2.43 bits per heavy atom. The summed E-state index contributed by atoms with van der Waals surface area (Å²) < 4.78 is 40.2. The van der Waals surface area contributed by atoms with Crippen LogP contribution in [0.3, 0.4) is 0 Å². The van der Waals surface area contributed by atoms with Crippen LogP contribution >= 0.6 is 0 Å². The van der Waals surface area contributed by atoms with E-state index in [0.29, 0.717) is 18.4 Å². The number of rotatable bonds is 5. The highest BCUT2D eigenvalue weighted by atomic mass is 32.2. The van der Waals surface area contributed by atoms with E-state index in [1.165, 1.54) is 23.5 Å². The van der Waals surface area contributed by atoms with Gasteiger partial charge in [-0.2, -0.15) is 4.31 Å². The Labute approximate surface area is 125 Å². The average molecular weight is 313 g/mol. The Morgan fingerprint density at radius 2 is 1.95 bits per heavy atom. The molecule has 0 aromatic heterocycles. The number of nitrogens with zero attached hydrogens (tertiary/aromatic N) is 1. The highest BCUT2D eigenvalue weighted by molar-refractivity contribution is 7.89. The van der Waals surface area contributed by atoms with Crippen LogP contribution in [0.25, 0.3) is 0 Å². The zero-order valence-corrected chi connectivity index (χ0v) is 13.2. The fourth-order valence-corrected chi connectivity index (χ4v) is 3.63. The lowest BCUT2D eigenvalue weighted by atomic mass is 10.2. The predicted octanol–water partition coefficient (Wildman–Crippen LogP) is 1.98. The van der Waals surface area contributed by atoms with Crippen molar-refractivity contribution in [3.8, 4) is 11.8 Å². The molecule has 1 aromatic rings. The number of halogens is 1. The molecule has 1 aromatic carbocycles. The molecule has 21 heavy (non-hydrogen) atoms. The van der Waals surface area contributed by atoms with Gasteiger partial charge in [0, 0.05) is 18.7 Å². The molecule has 116 valence electrons. The lowest BCUT2D eigenvalue weighted by Gasteiger charge is -2.25. The van der Waals surface area contributed by atoms with Crippen molar-refractivity contribution in [3.05, 3.63) is 29.6 Å².